The van der Waals surface area contributed by atoms with E-state index in [9.17, 15) is 9.59 Å². The van der Waals surface area contributed by atoms with E-state index in [0.29, 0.717) is 13.0 Å². The molecule has 4 N–H and O–H groups in total. The molecule has 15 heavy (non-hydrogen) atoms. The van der Waals surface area contributed by atoms with E-state index in [4.69, 9.17) is 10.2 Å². The summed E-state index contributed by atoms with van der Waals surface area (Å²) in [5.41, 5.74) is 4.76. The van der Waals surface area contributed by atoms with Crippen molar-refractivity contribution in [3.63, 3.8) is 0 Å². The molecule has 0 unspecified atom stereocenters. The maximum absolute atomic E-state index is 10.9. The quantitative estimate of drug-likeness (QED) is 0.577. The number of carbonyl (C=O) groups excluding carboxylic acids is 2. The van der Waals surface area contributed by atoms with Crippen LogP contribution in [0.5, 0.6) is 0 Å². The van der Waals surface area contributed by atoms with Crippen molar-refractivity contribution in [1.29, 1.82) is 0 Å². The van der Waals surface area contributed by atoms with Gasteiger partial charge in [-0.15, -0.1) is 0 Å². The lowest BCUT2D eigenvalue weighted by molar-refractivity contribution is -0.119. The molecule has 6 nitrogen and oxygen atoms in total. The zero-order chi connectivity index (χ0) is 11.1. The van der Waals surface area contributed by atoms with E-state index in [1.807, 2.05) is 11.4 Å². The van der Waals surface area contributed by atoms with Crippen LogP contribution in [0.4, 0.5) is 4.79 Å². The average molecular weight is 211 g/mol. The Balaban J connectivity index is 2.06. The second-order valence-corrected chi connectivity index (χ2v) is 2.92. The minimum Gasteiger partial charge on any atom is -0.469 e. The van der Waals surface area contributed by atoms with Crippen LogP contribution in [0.1, 0.15) is 5.76 Å². The summed E-state index contributed by atoms with van der Waals surface area (Å²) in [5.74, 6) is 0.403. The Kier molecular flexibility index (Phi) is 4.36. The lowest BCUT2D eigenvalue weighted by Crippen LogP contribution is -2.40. The van der Waals surface area contributed by atoms with Crippen molar-refractivity contribution >= 4 is 11.9 Å². The third-order valence-corrected chi connectivity index (χ3v) is 1.68. The van der Waals surface area contributed by atoms with Crippen LogP contribution in [0.15, 0.2) is 22.8 Å². The lowest BCUT2D eigenvalue weighted by Gasteiger charge is -2.02. The maximum Gasteiger partial charge on any atom is 0.318 e. The fourth-order valence-electron chi connectivity index (χ4n) is 1.05. The number of primary amides is 1. The maximum atomic E-state index is 10.9. The van der Waals surface area contributed by atoms with E-state index >= 15 is 0 Å². The summed E-state index contributed by atoms with van der Waals surface area (Å²) in [6, 6.07) is 2.81. The van der Waals surface area contributed by atoms with Crippen LogP contribution in [0.3, 0.4) is 0 Å². The third kappa shape index (κ3) is 4.82. The average Bonchev–Trinajstić information content (AvgIpc) is 2.63. The smallest absolute Gasteiger partial charge is 0.318 e. The second kappa shape index (κ2) is 5.82. The van der Waals surface area contributed by atoms with Gasteiger partial charge >= 0.3 is 6.03 Å². The molecule has 0 aliphatic rings. The number of imide groups is 1. The van der Waals surface area contributed by atoms with E-state index in [-0.39, 0.29) is 6.54 Å². The summed E-state index contributed by atoms with van der Waals surface area (Å²) in [7, 11) is 0. The molecule has 1 rings (SSSR count). The topological polar surface area (TPSA) is 97.4 Å². The lowest BCUT2D eigenvalue weighted by atomic mass is 10.3. The van der Waals surface area contributed by atoms with Gasteiger partial charge in [-0.1, -0.05) is 0 Å². The summed E-state index contributed by atoms with van der Waals surface area (Å²) in [4.78, 5) is 21.2. The van der Waals surface area contributed by atoms with Gasteiger partial charge in [-0.3, -0.25) is 10.1 Å². The van der Waals surface area contributed by atoms with Gasteiger partial charge in [-0.25, -0.2) is 4.79 Å². The van der Waals surface area contributed by atoms with Crippen molar-refractivity contribution in [2.45, 2.75) is 6.42 Å². The number of amides is 3. The molecule has 82 valence electrons. The number of urea groups is 1. The molecule has 0 aliphatic heterocycles. The summed E-state index contributed by atoms with van der Waals surface area (Å²) in [6.07, 6.45) is 2.28. The molecule has 6 heteroatoms. The largest absolute Gasteiger partial charge is 0.469 e. The zero-order valence-corrected chi connectivity index (χ0v) is 8.16. The van der Waals surface area contributed by atoms with Crippen LogP contribution in [-0.4, -0.2) is 25.0 Å². The van der Waals surface area contributed by atoms with Gasteiger partial charge in [0.2, 0.25) is 5.91 Å². The van der Waals surface area contributed by atoms with Gasteiger partial charge in [0.15, 0.2) is 0 Å². The molecule has 1 aromatic heterocycles. The first-order valence-corrected chi connectivity index (χ1v) is 4.51. The molecule has 0 atom stereocenters. The summed E-state index contributed by atoms with van der Waals surface area (Å²) in [6.45, 7) is 0.656. The number of hydrogen-bond donors (Lipinski definition) is 3. The van der Waals surface area contributed by atoms with Crippen LogP contribution < -0.4 is 16.4 Å². The third-order valence-electron chi connectivity index (χ3n) is 1.68. The number of carbonyl (C=O) groups is 2. The highest BCUT2D eigenvalue weighted by Crippen LogP contribution is 1.98. The monoisotopic (exact) mass is 211 g/mol. The predicted molar refractivity (Wildman–Crippen MR) is 53.0 cm³/mol. The van der Waals surface area contributed by atoms with Gasteiger partial charge in [-0.2, -0.15) is 0 Å². The van der Waals surface area contributed by atoms with Crippen molar-refractivity contribution < 1.29 is 14.0 Å². The van der Waals surface area contributed by atoms with Crippen molar-refractivity contribution in [1.82, 2.24) is 10.6 Å². The summed E-state index contributed by atoms with van der Waals surface area (Å²) < 4.78 is 5.09. The molecule has 0 saturated carbocycles. The van der Waals surface area contributed by atoms with Crippen molar-refractivity contribution in [3.05, 3.63) is 24.2 Å². The van der Waals surface area contributed by atoms with Crippen molar-refractivity contribution in [3.8, 4) is 0 Å². The Hall–Kier alpha value is -1.82. The first kappa shape index (κ1) is 11.3. The first-order valence-electron chi connectivity index (χ1n) is 4.51. The molecular formula is C9H13N3O3. The molecular weight excluding hydrogens is 198 g/mol. The normalized spacial score (nSPS) is 9.87. The molecule has 0 aromatic carbocycles. The van der Waals surface area contributed by atoms with Crippen LogP contribution in [0.2, 0.25) is 0 Å². The standard InChI is InChI=1S/C9H13N3O3/c10-9(14)12-8(13)6-11-4-3-7-2-1-5-15-7/h1-2,5,11H,3-4,6H2,(H3,10,12,13,14). The minimum absolute atomic E-state index is 0.0592. The van der Waals surface area contributed by atoms with Crippen LogP contribution in [-0.2, 0) is 11.2 Å². The van der Waals surface area contributed by atoms with Crippen molar-refractivity contribution in [2.24, 2.45) is 5.73 Å². The molecule has 0 aliphatic carbocycles. The number of nitrogens with one attached hydrogen (secondary N) is 2. The van der Waals surface area contributed by atoms with E-state index in [0.717, 1.165) is 5.76 Å². The minimum atomic E-state index is -0.840. The molecule has 1 heterocycles. The molecule has 0 spiro atoms. The molecule has 0 bridgehead atoms. The summed E-state index contributed by atoms with van der Waals surface area (Å²) >= 11 is 0. The fourth-order valence-corrected chi connectivity index (χ4v) is 1.05. The van der Waals surface area contributed by atoms with Gasteiger partial charge in [0.25, 0.3) is 0 Å². The Bertz CT molecular complexity index is 321. The SMILES string of the molecule is NC(=O)NC(=O)CNCCc1ccco1. The Labute approximate surface area is 86.8 Å². The van der Waals surface area contributed by atoms with Gasteiger partial charge < -0.3 is 15.5 Å². The zero-order valence-electron chi connectivity index (χ0n) is 8.16. The van der Waals surface area contributed by atoms with Crippen LogP contribution in [0, 0.1) is 0 Å². The van der Waals surface area contributed by atoms with E-state index in [2.05, 4.69) is 5.32 Å². The first-order chi connectivity index (χ1) is 7.18. The Morgan fingerprint density at radius 2 is 2.27 bits per heavy atom. The molecule has 3 amide bonds. The Morgan fingerprint density at radius 1 is 1.47 bits per heavy atom. The highest BCUT2D eigenvalue weighted by molar-refractivity contribution is 5.94. The Morgan fingerprint density at radius 3 is 2.87 bits per heavy atom. The molecule has 1 aromatic rings. The number of furan rings is 1. The number of hydrogen-bond acceptors (Lipinski definition) is 4. The highest BCUT2D eigenvalue weighted by Gasteiger charge is 2.02. The van der Waals surface area contributed by atoms with Crippen molar-refractivity contribution in [2.75, 3.05) is 13.1 Å². The molecule has 0 saturated heterocycles. The van der Waals surface area contributed by atoms with Gasteiger partial charge in [0, 0.05) is 13.0 Å². The van der Waals surface area contributed by atoms with E-state index in [1.165, 1.54) is 0 Å². The van der Waals surface area contributed by atoms with Gasteiger partial charge in [0.05, 0.1) is 12.8 Å². The van der Waals surface area contributed by atoms with Gasteiger partial charge in [-0.05, 0) is 12.1 Å². The predicted octanol–water partition coefficient (Wildman–Crippen LogP) is -0.393. The van der Waals surface area contributed by atoms with Crippen LogP contribution >= 0.6 is 0 Å². The van der Waals surface area contributed by atoms with Crippen LogP contribution in [0.25, 0.3) is 0 Å². The second-order valence-electron chi connectivity index (χ2n) is 2.92. The number of nitrogens with two attached hydrogens (primary N) is 1. The number of rotatable bonds is 5. The molecule has 0 fully saturated rings. The molecule has 0 radical (unpaired) electrons. The summed E-state index contributed by atoms with van der Waals surface area (Å²) in [5, 5.41) is 4.80. The van der Waals surface area contributed by atoms with E-state index in [1.54, 1.807) is 12.3 Å². The fraction of sp³-hybridized carbons (Fsp3) is 0.333. The highest BCUT2D eigenvalue weighted by atomic mass is 16.3. The van der Waals surface area contributed by atoms with Gasteiger partial charge in [0.1, 0.15) is 5.76 Å². The van der Waals surface area contributed by atoms with E-state index < -0.39 is 11.9 Å².